The van der Waals surface area contributed by atoms with Gasteiger partial charge in [-0.2, -0.15) is 0 Å². The van der Waals surface area contributed by atoms with E-state index in [-0.39, 0.29) is 25.0 Å². The fraction of sp³-hybridized carbons (Fsp3) is 0.882. The Morgan fingerprint density at radius 1 is 0.475 bits per heavy atom. The fourth-order valence-corrected chi connectivity index (χ4v) is 7.14. The number of hydrogen-bond donors (Lipinski definition) is 0. The predicted molar refractivity (Wildman–Crippen MR) is 249 cm³/mol. The van der Waals surface area contributed by atoms with Crippen molar-refractivity contribution in [1.29, 1.82) is 0 Å². The van der Waals surface area contributed by atoms with Crippen LogP contribution in [0.4, 0.5) is 4.79 Å². The molecule has 0 aliphatic carbocycles. The third kappa shape index (κ3) is 42.6. The SMILES string of the molecule is CCCCCC=CCC=CCCCCCCCCC(CCOC(=O)CCCCC(OCCCCCCCC)OCCCCCCCC)OC(=O)OCCCN(CC)CC. The van der Waals surface area contributed by atoms with Crippen LogP contribution in [0.1, 0.15) is 234 Å². The summed E-state index contributed by atoms with van der Waals surface area (Å²) >= 11 is 0. The molecule has 0 aromatic carbocycles. The van der Waals surface area contributed by atoms with Gasteiger partial charge in [0, 0.05) is 32.6 Å². The van der Waals surface area contributed by atoms with Crippen molar-refractivity contribution in [3.63, 3.8) is 0 Å². The first-order valence-electron chi connectivity index (χ1n) is 25.2. The highest BCUT2D eigenvalue weighted by atomic mass is 16.7. The zero-order chi connectivity index (χ0) is 43.1. The molecular weight excluding hydrogens is 739 g/mol. The Morgan fingerprint density at radius 2 is 0.983 bits per heavy atom. The predicted octanol–water partition coefficient (Wildman–Crippen LogP) is 15.0. The molecule has 0 radical (unpaired) electrons. The highest BCUT2D eigenvalue weighted by Gasteiger charge is 2.17. The van der Waals surface area contributed by atoms with Crippen LogP contribution in [0.5, 0.6) is 0 Å². The molecule has 0 fully saturated rings. The van der Waals surface area contributed by atoms with Crippen molar-refractivity contribution >= 4 is 12.1 Å². The van der Waals surface area contributed by atoms with Crippen LogP contribution in [-0.4, -0.2) is 75.5 Å². The molecule has 0 aliphatic heterocycles. The van der Waals surface area contributed by atoms with Crippen LogP contribution < -0.4 is 0 Å². The van der Waals surface area contributed by atoms with Gasteiger partial charge >= 0.3 is 12.1 Å². The third-order valence-corrected chi connectivity index (χ3v) is 11.1. The maximum Gasteiger partial charge on any atom is 0.508 e. The quantitative estimate of drug-likeness (QED) is 0.0259. The van der Waals surface area contributed by atoms with E-state index >= 15 is 0 Å². The minimum absolute atomic E-state index is 0.200. The van der Waals surface area contributed by atoms with E-state index in [0.717, 1.165) is 103 Å². The van der Waals surface area contributed by atoms with Crippen molar-refractivity contribution in [3.05, 3.63) is 24.3 Å². The van der Waals surface area contributed by atoms with Crippen molar-refractivity contribution in [1.82, 2.24) is 4.90 Å². The number of hydrogen-bond acceptors (Lipinski definition) is 8. The van der Waals surface area contributed by atoms with Gasteiger partial charge in [0.1, 0.15) is 6.10 Å². The minimum Gasteiger partial charge on any atom is -0.466 e. The molecule has 8 heteroatoms. The summed E-state index contributed by atoms with van der Waals surface area (Å²) in [6, 6.07) is 0. The molecule has 0 bridgehead atoms. The largest absolute Gasteiger partial charge is 0.508 e. The number of carbonyl (C=O) groups excluding carboxylic acids is 2. The van der Waals surface area contributed by atoms with Gasteiger partial charge in [-0.05, 0) is 96.6 Å². The average molecular weight is 836 g/mol. The summed E-state index contributed by atoms with van der Waals surface area (Å²) < 4.78 is 29.2. The molecule has 0 amide bonds. The van der Waals surface area contributed by atoms with Crippen molar-refractivity contribution in [2.24, 2.45) is 0 Å². The Kier molecular flexibility index (Phi) is 45.6. The van der Waals surface area contributed by atoms with E-state index in [1.54, 1.807) is 0 Å². The molecule has 0 N–H and O–H groups in total. The summed E-state index contributed by atoms with van der Waals surface area (Å²) in [6.45, 7) is 15.9. The van der Waals surface area contributed by atoms with Gasteiger partial charge in [-0.25, -0.2) is 4.79 Å². The Bertz CT molecular complexity index is 919. The number of rotatable bonds is 46. The third-order valence-electron chi connectivity index (χ3n) is 11.1. The molecule has 0 aliphatic rings. The molecule has 0 saturated carbocycles. The second kappa shape index (κ2) is 47.2. The number of carbonyl (C=O) groups is 2. The van der Waals surface area contributed by atoms with Crippen LogP contribution in [0.25, 0.3) is 0 Å². The van der Waals surface area contributed by atoms with Gasteiger partial charge in [0.05, 0.1) is 13.2 Å². The van der Waals surface area contributed by atoms with E-state index in [2.05, 4.69) is 63.8 Å². The summed E-state index contributed by atoms with van der Waals surface area (Å²) in [5.41, 5.74) is 0. The highest BCUT2D eigenvalue weighted by molar-refractivity contribution is 5.69. The smallest absolute Gasteiger partial charge is 0.466 e. The van der Waals surface area contributed by atoms with Crippen molar-refractivity contribution in [3.8, 4) is 0 Å². The van der Waals surface area contributed by atoms with Crippen LogP contribution >= 0.6 is 0 Å². The normalized spacial score (nSPS) is 12.4. The van der Waals surface area contributed by atoms with E-state index in [1.165, 1.54) is 116 Å². The number of ether oxygens (including phenoxy) is 5. The Morgan fingerprint density at radius 3 is 1.58 bits per heavy atom. The Hall–Kier alpha value is -1.90. The molecule has 59 heavy (non-hydrogen) atoms. The number of nitrogens with zero attached hydrogens (tertiary/aromatic N) is 1. The van der Waals surface area contributed by atoms with Gasteiger partial charge < -0.3 is 28.6 Å². The lowest BCUT2D eigenvalue weighted by atomic mass is 10.0. The zero-order valence-electron chi connectivity index (χ0n) is 39.6. The van der Waals surface area contributed by atoms with Crippen LogP contribution in [0.3, 0.4) is 0 Å². The fourth-order valence-electron chi connectivity index (χ4n) is 7.14. The first kappa shape index (κ1) is 57.1. The van der Waals surface area contributed by atoms with E-state index < -0.39 is 6.16 Å². The average Bonchev–Trinajstić information content (AvgIpc) is 3.23. The summed E-state index contributed by atoms with van der Waals surface area (Å²) in [5, 5.41) is 0. The van der Waals surface area contributed by atoms with E-state index in [1.807, 2.05) is 0 Å². The van der Waals surface area contributed by atoms with Gasteiger partial charge in [-0.15, -0.1) is 0 Å². The van der Waals surface area contributed by atoms with Crippen LogP contribution in [-0.2, 0) is 28.5 Å². The number of unbranched alkanes of at least 4 members (excludes halogenated alkanes) is 20. The lowest BCUT2D eigenvalue weighted by Gasteiger charge is -2.19. The molecule has 0 rings (SSSR count). The minimum atomic E-state index is -0.618. The van der Waals surface area contributed by atoms with Crippen LogP contribution in [0.2, 0.25) is 0 Å². The molecule has 1 atom stereocenters. The summed E-state index contributed by atoms with van der Waals surface area (Å²) in [7, 11) is 0. The van der Waals surface area contributed by atoms with Gasteiger partial charge in [0.15, 0.2) is 6.29 Å². The van der Waals surface area contributed by atoms with E-state index in [4.69, 9.17) is 23.7 Å². The number of allylic oxidation sites excluding steroid dienone is 4. The Labute approximate surface area is 365 Å². The van der Waals surface area contributed by atoms with Crippen molar-refractivity contribution in [2.45, 2.75) is 246 Å². The van der Waals surface area contributed by atoms with Gasteiger partial charge in [-0.3, -0.25) is 4.79 Å². The zero-order valence-corrected chi connectivity index (χ0v) is 39.6. The number of esters is 1. The van der Waals surface area contributed by atoms with Crippen LogP contribution in [0, 0.1) is 0 Å². The van der Waals surface area contributed by atoms with E-state index in [0.29, 0.717) is 19.4 Å². The standard InChI is InChI=1S/C51H97NO7/c1-6-11-14-17-20-21-22-23-24-25-26-27-28-29-30-33-39-48(59-51(54)58-46-38-43-52(9-4)10-5)42-47-55-49(53)40-34-35-41-50(56-44-36-31-18-15-12-7-2)57-45-37-32-19-16-13-8-3/h20-21,23-24,48,50H,6-19,22,25-47H2,1-5H3. The van der Waals surface area contributed by atoms with Crippen molar-refractivity contribution in [2.75, 3.05) is 46.1 Å². The molecule has 348 valence electrons. The molecular formula is C51H97NO7. The maximum atomic E-state index is 12.7. The Balaban J connectivity index is 4.61. The summed E-state index contributed by atoms with van der Waals surface area (Å²) in [6.07, 6.45) is 42.0. The van der Waals surface area contributed by atoms with E-state index in [9.17, 15) is 9.59 Å². The van der Waals surface area contributed by atoms with Gasteiger partial charge in [0.2, 0.25) is 0 Å². The summed E-state index contributed by atoms with van der Waals surface area (Å²) in [5.74, 6) is -0.200. The molecule has 0 spiro atoms. The molecule has 0 saturated heterocycles. The highest BCUT2D eigenvalue weighted by Crippen LogP contribution is 2.17. The monoisotopic (exact) mass is 836 g/mol. The van der Waals surface area contributed by atoms with Gasteiger partial charge in [-0.1, -0.05) is 162 Å². The first-order valence-corrected chi connectivity index (χ1v) is 25.2. The van der Waals surface area contributed by atoms with Crippen LogP contribution in [0.15, 0.2) is 24.3 Å². The molecule has 1 unspecified atom stereocenters. The maximum absolute atomic E-state index is 12.7. The molecule has 0 aromatic rings. The first-order chi connectivity index (χ1) is 29.0. The topological polar surface area (TPSA) is 83.5 Å². The molecule has 0 heterocycles. The lowest BCUT2D eigenvalue weighted by molar-refractivity contribution is -0.150. The second-order valence-corrected chi connectivity index (χ2v) is 16.6. The summed E-state index contributed by atoms with van der Waals surface area (Å²) in [4.78, 5) is 27.6. The molecule has 8 nitrogen and oxygen atoms in total. The second-order valence-electron chi connectivity index (χ2n) is 16.6. The lowest BCUT2D eigenvalue weighted by Crippen LogP contribution is -2.26. The van der Waals surface area contributed by atoms with Crippen molar-refractivity contribution < 1.29 is 33.3 Å². The molecule has 0 aromatic heterocycles. The van der Waals surface area contributed by atoms with Gasteiger partial charge in [0.25, 0.3) is 0 Å².